The quantitative estimate of drug-likeness (QED) is 0.230. The van der Waals surface area contributed by atoms with Gasteiger partial charge in [-0.1, -0.05) is 43.4 Å². The van der Waals surface area contributed by atoms with E-state index in [1.165, 1.54) is 25.2 Å². The summed E-state index contributed by atoms with van der Waals surface area (Å²) < 4.78 is 22.3. The van der Waals surface area contributed by atoms with Crippen molar-refractivity contribution in [3.63, 3.8) is 0 Å². The zero-order chi connectivity index (χ0) is 27.2. The minimum absolute atomic E-state index is 0.0752. The Morgan fingerprint density at radius 2 is 1.68 bits per heavy atom. The number of hydrogen-bond donors (Lipinski definition) is 2. The minimum atomic E-state index is -2.24. The van der Waals surface area contributed by atoms with Crippen LogP contribution in [0.25, 0.3) is 0 Å². The van der Waals surface area contributed by atoms with Gasteiger partial charge in [-0.15, -0.1) is 0 Å². The molecule has 2 bridgehead atoms. The van der Waals surface area contributed by atoms with E-state index in [2.05, 4.69) is 0 Å². The number of carbonyl (C=O) groups excluding carboxylic acids is 4. The third-order valence-corrected chi connectivity index (χ3v) is 8.62. The first-order valence-corrected chi connectivity index (χ1v) is 12.3. The summed E-state index contributed by atoms with van der Waals surface area (Å²) in [6, 6.07) is 0. The number of aliphatic hydroxyl groups is 2. The molecule has 200 valence electrons. The Kier molecular flexibility index (Phi) is 6.71. The smallest absolute Gasteiger partial charge is 0.355 e. The Morgan fingerprint density at radius 1 is 1.05 bits per heavy atom. The monoisotopic (exact) mass is 516 g/mol. The lowest BCUT2D eigenvalue weighted by Crippen LogP contribution is -2.83. The lowest BCUT2D eigenvalue weighted by atomic mass is 9.43. The van der Waals surface area contributed by atoms with Gasteiger partial charge in [0.2, 0.25) is 0 Å². The van der Waals surface area contributed by atoms with Gasteiger partial charge >= 0.3 is 23.9 Å². The molecule has 0 radical (unpaired) electrons. The lowest BCUT2D eigenvalue weighted by molar-refractivity contribution is -0.335. The van der Waals surface area contributed by atoms with E-state index in [9.17, 15) is 29.4 Å². The molecule has 2 aliphatic heterocycles. The predicted molar refractivity (Wildman–Crippen MR) is 127 cm³/mol. The van der Waals surface area contributed by atoms with Crippen LogP contribution in [-0.2, 0) is 38.1 Å². The van der Waals surface area contributed by atoms with Crippen LogP contribution in [0.2, 0.25) is 0 Å². The van der Waals surface area contributed by atoms with E-state index in [1.54, 1.807) is 45.1 Å². The molecule has 2 aliphatic carbocycles. The second-order valence-electron chi connectivity index (χ2n) is 10.2. The van der Waals surface area contributed by atoms with Gasteiger partial charge in [-0.2, -0.15) is 0 Å². The van der Waals surface area contributed by atoms with E-state index in [0.717, 1.165) is 6.08 Å². The van der Waals surface area contributed by atoms with Crippen molar-refractivity contribution in [2.45, 2.75) is 70.1 Å². The Balaban J connectivity index is 1.88. The van der Waals surface area contributed by atoms with Gasteiger partial charge in [-0.05, 0) is 33.1 Å². The molecular weight excluding hydrogens is 484 g/mol. The maximum Gasteiger partial charge on any atom is 0.355 e. The Bertz CT molecular complexity index is 1120. The Morgan fingerprint density at radius 3 is 2.30 bits per heavy atom. The van der Waals surface area contributed by atoms with E-state index >= 15 is 0 Å². The topological polar surface area (TPSA) is 146 Å². The summed E-state index contributed by atoms with van der Waals surface area (Å²) in [4.78, 5) is 51.9. The number of ether oxygens (including phenoxy) is 4. The van der Waals surface area contributed by atoms with Crippen molar-refractivity contribution in [2.24, 2.45) is 16.7 Å². The fourth-order valence-corrected chi connectivity index (χ4v) is 6.93. The molecule has 4 fully saturated rings. The van der Waals surface area contributed by atoms with Crippen molar-refractivity contribution in [3.05, 3.63) is 48.6 Å². The van der Waals surface area contributed by atoms with E-state index in [4.69, 9.17) is 18.9 Å². The third-order valence-electron chi connectivity index (χ3n) is 8.62. The summed E-state index contributed by atoms with van der Waals surface area (Å²) in [7, 11) is 0. The van der Waals surface area contributed by atoms with Crippen LogP contribution < -0.4 is 0 Å². The molecule has 37 heavy (non-hydrogen) atoms. The fraction of sp³-hybridized carbons (Fsp3) is 0.556. The van der Waals surface area contributed by atoms with Gasteiger partial charge in [0.25, 0.3) is 5.60 Å². The highest BCUT2D eigenvalue weighted by Gasteiger charge is 2.90. The van der Waals surface area contributed by atoms with Crippen LogP contribution in [0.3, 0.4) is 0 Å². The summed E-state index contributed by atoms with van der Waals surface area (Å²) in [6.07, 6.45) is 7.23. The van der Waals surface area contributed by atoms with Gasteiger partial charge in [-0.3, -0.25) is 0 Å². The van der Waals surface area contributed by atoms with Gasteiger partial charge in [0, 0.05) is 24.0 Å². The molecule has 2 saturated carbocycles. The first-order chi connectivity index (χ1) is 17.5. The maximum absolute atomic E-state index is 13.4. The number of fused-ring (bicyclic) bond motifs is 4. The Hall–Kier alpha value is -3.24. The first-order valence-electron chi connectivity index (χ1n) is 12.3. The molecule has 1 spiro atoms. The van der Waals surface area contributed by atoms with Crippen LogP contribution in [0.4, 0.5) is 0 Å². The highest BCUT2D eigenvalue weighted by Crippen LogP contribution is 2.72. The molecule has 2 heterocycles. The van der Waals surface area contributed by atoms with E-state index < -0.39 is 76.7 Å². The molecule has 2 saturated heterocycles. The number of carbonyl (C=O) groups is 4. The largest absolute Gasteiger partial charge is 0.462 e. The third kappa shape index (κ3) is 3.38. The van der Waals surface area contributed by atoms with Crippen LogP contribution in [0.5, 0.6) is 0 Å². The number of hydrogen-bond acceptors (Lipinski definition) is 10. The number of aliphatic hydroxyl groups excluding tert-OH is 1. The van der Waals surface area contributed by atoms with Gasteiger partial charge in [0.05, 0.1) is 5.41 Å². The molecule has 4 rings (SSSR count). The molecule has 10 heteroatoms. The zero-order valence-electron chi connectivity index (χ0n) is 21.2. The Labute approximate surface area is 214 Å². The van der Waals surface area contributed by atoms with Crippen LogP contribution in [-0.4, -0.2) is 70.2 Å². The fourth-order valence-electron chi connectivity index (χ4n) is 6.93. The number of allylic oxidation sites excluding steroid dienone is 6. The average molecular weight is 517 g/mol. The van der Waals surface area contributed by atoms with Crippen LogP contribution in [0.1, 0.15) is 40.5 Å². The molecule has 0 aromatic heterocycles. The summed E-state index contributed by atoms with van der Waals surface area (Å²) in [5, 5.41) is 23.8. The average Bonchev–Trinajstić information content (AvgIpc) is 3.23. The molecule has 0 amide bonds. The van der Waals surface area contributed by atoms with Crippen LogP contribution >= 0.6 is 0 Å². The highest BCUT2D eigenvalue weighted by molar-refractivity contribution is 5.92. The zero-order valence-corrected chi connectivity index (χ0v) is 21.2. The van der Waals surface area contributed by atoms with Gasteiger partial charge in [0.1, 0.15) is 18.3 Å². The molecule has 0 aromatic carbocycles. The van der Waals surface area contributed by atoms with E-state index in [0.29, 0.717) is 0 Å². The predicted octanol–water partition coefficient (Wildman–Crippen LogP) is 1.46. The normalized spacial score (nSPS) is 42.8. The lowest BCUT2D eigenvalue weighted by Gasteiger charge is -2.65. The second-order valence-corrected chi connectivity index (χ2v) is 10.2. The summed E-state index contributed by atoms with van der Waals surface area (Å²) in [5.74, 6) is -4.28. The molecule has 0 aromatic rings. The summed E-state index contributed by atoms with van der Waals surface area (Å²) >= 11 is 0. The van der Waals surface area contributed by atoms with Crippen LogP contribution in [0.15, 0.2) is 48.6 Å². The van der Waals surface area contributed by atoms with Crippen molar-refractivity contribution >= 4 is 23.9 Å². The second kappa shape index (κ2) is 9.25. The molecule has 8 atom stereocenters. The SMILES string of the molecule is C/C=C/C=C/C(=O)O[C@@H]1C[C@@H](C)[C@@]23C[C@@H](OC(=O)[C@@H]2O)[C@@]2(OC(=O)/C=C/C=C/C)C(=O)OC[C@@]2(C)[C@@]13O. The van der Waals surface area contributed by atoms with Crippen molar-refractivity contribution in [1.29, 1.82) is 0 Å². The van der Waals surface area contributed by atoms with Crippen molar-refractivity contribution in [2.75, 3.05) is 6.61 Å². The van der Waals surface area contributed by atoms with Crippen molar-refractivity contribution in [3.8, 4) is 0 Å². The standard InChI is InChI=1S/C27H32O10/c1-5-7-9-11-19(28)35-17-13-16(3)25-14-18(36-22(31)21(25)30)26(37-20(29)12-10-8-6-2)23(32)34-15-24(26,4)27(17,25)33/h5-12,16-18,21,30,33H,13-15H2,1-4H3/b7-5+,8-6+,11-9+,12-10+/t16-,17-,18-,21+,24-,25+,26-,27+/m1/s1. The van der Waals surface area contributed by atoms with Crippen molar-refractivity contribution in [1.82, 2.24) is 0 Å². The van der Waals surface area contributed by atoms with E-state index in [-0.39, 0.29) is 12.8 Å². The van der Waals surface area contributed by atoms with Gasteiger partial charge < -0.3 is 29.2 Å². The highest BCUT2D eigenvalue weighted by atomic mass is 16.6. The maximum atomic E-state index is 13.4. The van der Waals surface area contributed by atoms with Gasteiger partial charge in [0.15, 0.2) is 12.2 Å². The molecular formula is C27H32O10. The van der Waals surface area contributed by atoms with Gasteiger partial charge in [-0.25, -0.2) is 19.2 Å². The number of cyclic esters (lactones) is 1. The minimum Gasteiger partial charge on any atom is -0.462 e. The molecule has 2 N–H and O–H groups in total. The number of rotatable bonds is 6. The van der Waals surface area contributed by atoms with Crippen LogP contribution in [0, 0.1) is 16.7 Å². The molecule has 0 unspecified atom stereocenters. The summed E-state index contributed by atoms with van der Waals surface area (Å²) in [5.41, 5.74) is -7.77. The number of esters is 4. The first kappa shape index (κ1) is 26.8. The van der Waals surface area contributed by atoms with E-state index in [1.807, 2.05) is 0 Å². The molecule has 4 aliphatic rings. The van der Waals surface area contributed by atoms with Crippen molar-refractivity contribution < 1.29 is 48.3 Å². The summed E-state index contributed by atoms with van der Waals surface area (Å²) in [6.45, 7) is 6.30. The molecule has 10 nitrogen and oxygen atoms in total.